The van der Waals surface area contributed by atoms with Crippen LogP contribution in [-0.4, -0.2) is 21.8 Å². The monoisotopic (exact) mass is 399 g/mol. The van der Waals surface area contributed by atoms with Gasteiger partial charge < -0.3 is 19.4 Å². The van der Waals surface area contributed by atoms with E-state index in [0.29, 0.717) is 11.4 Å². The van der Waals surface area contributed by atoms with Crippen molar-refractivity contribution in [2.24, 2.45) is 0 Å². The number of carbonyl (C=O) groups is 1. The summed E-state index contributed by atoms with van der Waals surface area (Å²) in [7, 11) is 0. The van der Waals surface area contributed by atoms with Gasteiger partial charge in [0.1, 0.15) is 11.4 Å². The molecule has 1 aliphatic rings. The van der Waals surface area contributed by atoms with Crippen molar-refractivity contribution in [1.29, 1.82) is 0 Å². The van der Waals surface area contributed by atoms with E-state index in [9.17, 15) is 18.4 Å². The Morgan fingerprint density at radius 1 is 1.17 bits per heavy atom. The number of halogens is 2. The summed E-state index contributed by atoms with van der Waals surface area (Å²) >= 11 is 0. The van der Waals surface area contributed by atoms with Crippen LogP contribution in [0.5, 0.6) is 11.5 Å². The predicted octanol–water partition coefficient (Wildman–Crippen LogP) is 3.17. The van der Waals surface area contributed by atoms with Gasteiger partial charge in [-0.1, -0.05) is 12.1 Å². The lowest BCUT2D eigenvalue weighted by atomic mass is 10.2. The standard InChI is InChI=1S/C20H15F2N3O4/c1-12-4-7-17(23-10-12)24-18(26)14-3-2-8-25(19(14)27)11-13-5-6-15-16(9-13)29-20(21,22)28-15/h2-10H,11H2,1H3,(H,23,24,26). The second kappa shape index (κ2) is 7.01. The molecule has 0 saturated carbocycles. The van der Waals surface area contributed by atoms with Crippen molar-refractivity contribution in [2.45, 2.75) is 19.8 Å². The lowest BCUT2D eigenvalue weighted by molar-refractivity contribution is -0.286. The molecule has 0 bridgehead atoms. The molecule has 148 valence electrons. The molecule has 0 saturated heterocycles. The molecule has 7 nitrogen and oxygen atoms in total. The minimum atomic E-state index is -3.71. The molecular formula is C20H15F2N3O4. The van der Waals surface area contributed by atoms with Crippen molar-refractivity contribution in [3.8, 4) is 11.5 Å². The van der Waals surface area contributed by atoms with E-state index < -0.39 is 17.8 Å². The molecule has 2 aromatic heterocycles. The van der Waals surface area contributed by atoms with E-state index in [4.69, 9.17) is 0 Å². The fourth-order valence-corrected chi connectivity index (χ4v) is 2.85. The Kier molecular flexibility index (Phi) is 4.50. The van der Waals surface area contributed by atoms with Crippen LogP contribution >= 0.6 is 0 Å². The Morgan fingerprint density at radius 2 is 1.97 bits per heavy atom. The van der Waals surface area contributed by atoms with E-state index in [1.165, 1.54) is 29.0 Å². The van der Waals surface area contributed by atoms with Crippen LogP contribution in [0.15, 0.2) is 59.7 Å². The van der Waals surface area contributed by atoms with Gasteiger partial charge >= 0.3 is 6.29 Å². The van der Waals surface area contributed by atoms with Gasteiger partial charge in [0.25, 0.3) is 11.5 Å². The number of rotatable bonds is 4. The first kappa shape index (κ1) is 18.6. The number of ether oxygens (including phenoxy) is 2. The maximum absolute atomic E-state index is 13.2. The maximum atomic E-state index is 13.2. The normalized spacial score (nSPS) is 13.9. The molecule has 0 unspecified atom stereocenters. The van der Waals surface area contributed by atoms with Gasteiger partial charge in [-0.05, 0) is 48.4 Å². The van der Waals surface area contributed by atoms with Crippen molar-refractivity contribution in [3.05, 3.63) is 81.9 Å². The molecule has 0 radical (unpaired) electrons. The number of alkyl halides is 2. The highest BCUT2D eigenvalue weighted by Crippen LogP contribution is 2.41. The number of aromatic nitrogens is 2. The molecule has 3 heterocycles. The third-order valence-electron chi connectivity index (χ3n) is 4.24. The molecule has 1 amide bonds. The Labute approximate surface area is 163 Å². The van der Waals surface area contributed by atoms with Gasteiger partial charge in [0.05, 0.1) is 6.54 Å². The smallest absolute Gasteiger partial charge is 0.395 e. The fraction of sp³-hybridized carbons (Fsp3) is 0.150. The zero-order valence-electron chi connectivity index (χ0n) is 15.2. The van der Waals surface area contributed by atoms with Gasteiger partial charge in [-0.3, -0.25) is 9.59 Å². The van der Waals surface area contributed by atoms with E-state index in [1.807, 2.05) is 6.92 Å². The number of pyridine rings is 2. The average Bonchev–Trinajstić information content (AvgIpc) is 2.98. The van der Waals surface area contributed by atoms with Gasteiger partial charge in [0.2, 0.25) is 0 Å². The first-order valence-electron chi connectivity index (χ1n) is 8.63. The van der Waals surface area contributed by atoms with Crippen LogP contribution in [0, 0.1) is 6.92 Å². The molecule has 9 heteroatoms. The van der Waals surface area contributed by atoms with E-state index in [1.54, 1.807) is 30.5 Å². The van der Waals surface area contributed by atoms with Crippen molar-refractivity contribution in [2.75, 3.05) is 5.32 Å². The Balaban J connectivity index is 1.55. The molecule has 1 N–H and O–H groups in total. The molecule has 0 spiro atoms. The Hall–Kier alpha value is -3.75. The summed E-state index contributed by atoms with van der Waals surface area (Å²) in [6.45, 7) is 1.93. The summed E-state index contributed by atoms with van der Waals surface area (Å²) in [4.78, 5) is 29.2. The topological polar surface area (TPSA) is 82.5 Å². The van der Waals surface area contributed by atoms with Gasteiger partial charge in [-0.2, -0.15) is 0 Å². The lowest BCUT2D eigenvalue weighted by Crippen LogP contribution is -2.29. The van der Waals surface area contributed by atoms with Gasteiger partial charge in [-0.15, -0.1) is 8.78 Å². The largest absolute Gasteiger partial charge is 0.586 e. The number of nitrogens with one attached hydrogen (secondary N) is 1. The zero-order valence-corrected chi connectivity index (χ0v) is 15.2. The molecule has 29 heavy (non-hydrogen) atoms. The minimum absolute atomic E-state index is 0.0605. The van der Waals surface area contributed by atoms with E-state index in [-0.39, 0.29) is 23.6 Å². The predicted molar refractivity (Wildman–Crippen MR) is 99.4 cm³/mol. The Morgan fingerprint density at radius 3 is 2.72 bits per heavy atom. The highest BCUT2D eigenvalue weighted by atomic mass is 19.3. The lowest BCUT2D eigenvalue weighted by Gasteiger charge is -2.09. The second-order valence-electron chi connectivity index (χ2n) is 6.48. The van der Waals surface area contributed by atoms with Gasteiger partial charge in [0.15, 0.2) is 11.5 Å². The number of benzene rings is 1. The maximum Gasteiger partial charge on any atom is 0.586 e. The van der Waals surface area contributed by atoms with Crippen molar-refractivity contribution in [1.82, 2.24) is 9.55 Å². The summed E-state index contributed by atoms with van der Waals surface area (Å²) in [6.07, 6.45) is -0.607. The van der Waals surface area contributed by atoms with Crippen molar-refractivity contribution >= 4 is 11.7 Å². The number of aryl methyl sites for hydroxylation is 1. The fourth-order valence-electron chi connectivity index (χ4n) is 2.85. The molecule has 1 aromatic carbocycles. The Bertz CT molecular complexity index is 1140. The number of fused-ring (bicyclic) bond motifs is 1. The van der Waals surface area contributed by atoms with E-state index >= 15 is 0 Å². The number of amides is 1. The molecule has 0 aliphatic carbocycles. The summed E-state index contributed by atoms with van der Waals surface area (Å²) in [5, 5.41) is 2.58. The highest BCUT2D eigenvalue weighted by Gasteiger charge is 2.43. The van der Waals surface area contributed by atoms with Crippen LogP contribution in [0.1, 0.15) is 21.5 Å². The van der Waals surface area contributed by atoms with Crippen molar-refractivity contribution in [3.63, 3.8) is 0 Å². The van der Waals surface area contributed by atoms with Crippen LogP contribution in [0.25, 0.3) is 0 Å². The molecule has 0 atom stereocenters. The minimum Gasteiger partial charge on any atom is -0.395 e. The average molecular weight is 399 g/mol. The quantitative estimate of drug-likeness (QED) is 0.729. The van der Waals surface area contributed by atoms with Gasteiger partial charge in [-0.25, -0.2) is 4.98 Å². The third kappa shape index (κ3) is 3.93. The highest BCUT2D eigenvalue weighted by molar-refractivity contribution is 6.03. The summed E-state index contributed by atoms with van der Waals surface area (Å²) in [5.74, 6) is -0.456. The summed E-state index contributed by atoms with van der Waals surface area (Å²) in [6, 6.07) is 10.6. The van der Waals surface area contributed by atoms with Crippen molar-refractivity contribution < 1.29 is 23.0 Å². The summed E-state index contributed by atoms with van der Waals surface area (Å²) in [5.41, 5.74) is 0.874. The third-order valence-corrected chi connectivity index (χ3v) is 4.24. The van der Waals surface area contributed by atoms with Crippen LogP contribution in [0.2, 0.25) is 0 Å². The van der Waals surface area contributed by atoms with Crippen LogP contribution in [0.3, 0.4) is 0 Å². The first-order valence-corrected chi connectivity index (χ1v) is 8.63. The van der Waals surface area contributed by atoms with E-state index in [0.717, 1.165) is 5.56 Å². The number of hydrogen-bond donors (Lipinski definition) is 1. The molecule has 1 aliphatic heterocycles. The molecular weight excluding hydrogens is 384 g/mol. The number of hydrogen-bond acceptors (Lipinski definition) is 5. The SMILES string of the molecule is Cc1ccc(NC(=O)c2cccn(Cc3ccc4c(c3)OC(F)(F)O4)c2=O)nc1. The van der Waals surface area contributed by atoms with Crippen LogP contribution < -0.4 is 20.3 Å². The number of nitrogens with zero attached hydrogens (tertiary/aromatic N) is 2. The molecule has 3 aromatic rings. The van der Waals surface area contributed by atoms with Gasteiger partial charge in [0, 0.05) is 12.4 Å². The molecule has 4 rings (SSSR count). The summed E-state index contributed by atoms with van der Waals surface area (Å²) < 4.78 is 36.4. The number of anilines is 1. The van der Waals surface area contributed by atoms with Crippen LogP contribution in [-0.2, 0) is 6.54 Å². The number of carbonyl (C=O) groups excluding carboxylic acids is 1. The van der Waals surface area contributed by atoms with Crippen LogP contribution in [0.4, 0.5) is 14.6 Å². The zero-order chi connectivity index (χ0) is 20.6. The van der Waals surface area contributed by atoms with E-state index in [2.05, 4.69) is 19.8 Å². The second-order valence-corrected chi connectivity index (χ2v) is 6.48. The first-order chi connectivity index (χ1) is 13.8. The molecule has 0 fully saturated rings.